The van der Waals surface area contributed by atoms with E-state index in [1.54, 1.807) is 24.3 Å². The maximum atomic E-state index is 10.8. The van der Waals surface area contributed by atoms with Gasteiger partial charge in [0.05, 0.1) is 0 Å². The summed E-state index contributed by atoms with van der Waals surface area (Å²) < 4.78 is 0. The second-order valence-corrected chi connectivity index (χ2v) is 4.39. The minimum atomic E-state index is -1.72. The van der Waals surface area contributed by atoms with Gasteiger partial charge < -0.3 is 20.4 Å². The lowest BCUT2D eigenvalue weighted by atomic mass is 10.0. The Morgan fingerprint density at radius 2 is 1.57 bits per heavy atom. The van der Waals surface area contributed by atoms with Crippen LogP contribution in [0, 0.1) is 5.92 Å². The van der Waals surface area contributed by atoms with Crippen LogP contribution in [0.4, 0.5) is 0 Å². The predicted octanol–water partition coefficient (Wildman–Crippen LogP) is 2.05. The Hall–Kier alpha value is -3.02. The fourth-order valence-electron chi connectivity index (χ4n) is 1.96. The number of benzene rings is 2. The van der Waals surface area contributed by atoms with E-state index in [2.05, 4.69) is 0 Å². The molecule has 0 aliphatic heterocycles. The number of carbonyl (C=O) groups is 2. The van der Waals surface area contributed by atoms with Crippen molar-refractivity contribution < 1.29 is 30.0 Å². The largest absolute Gasteiger partial charge is 0.507 e. The minimum absolute atomic E-state index is 0.0924. The number of hydrogen-bond acceptors (Lipinski definition) is 4. The molecule has 0 aliphatic carbocycles. The molecule has 2 aromatic carbocycles. The van der Waals surface area contributed by atoms with Crippen molar-refractivity contribution in [2.75, 3.05) is 0 Å². The number of carboxylic acid groups (broad SMARTS) is 2. The minimum Gasteiger partial charge on any atom is -0.507 e. The van der Waals surface area contributed by atoms with Gasteiger partial charge in [-0.15, -0.1) is 0 Å². The highest BCUT2D eigenvalue weighted by atomic mass is 16.4. The van der Waals surface area contributed by atoms with Gasteiger partial charge in [-0.25, -0.2) is 0 Å². The summed E-state index contributed by atoms with van der Waals surface area (Å²) in [5.74, 6) is -5.00. The van der Waals surface area contributed by atoms with E-state index in [1.807, 2.05) is 0 Å². The van der Waals surface area contributed by atoms with E-state index in [1.165, 1.54) is 6.07 Å². The first-order chi connectivity index (χ1) is 9.91. The normalized spacial score (nSPS) is 11.3. The quantitative estimate of drug-likeness (QED) is 0.505. The van der Waals surface area contributed by atoms with Crippen LogP contribution in [0.1, 0.15) is 5.56 Å². The van der Waals surface area contributed by atoms with Crippen molar-refractivity contribution in [3.8, 4) is 11.5 Å². The molecule has 0 saturated heterocycles. The topological polar surface area (TPSA) is 115 Å². The molecule has 4 N–H and O–H groups in total. The van der Waals surface area contributed by atoms with Crippen molar-refractivity contribution in [3.05, 3.63) is 42.0 Å². The molecule has 0 fully saturated rings. The van der Waals surface area contributed by atoms with Gasteiger partial charge in [0.25, 0.3) is 0 Å². The summed E-state index contributed by atoms with van der Waals surface area (Å²) >= 11 is 0. The molecule has 0 radical (unpaired) electrons. The van der Waals surface area contributed by atoms with Crippen molar-refractivity contribution in [3.63, 3.8) is 0 Å². The van der Waals surface area contributed by atoms with Gasteiger partial charge >= 0.3 is 11.9 Å². The molecule has 0 aromatic heterocycles. The summed E-state index contributed by atoms with van der Waals surface area (Å²) in [6.07, 6.45) is 2.10. The van der Waals surface area contributed by atoms with Gasteiger partial charge in [-0.3, -0.25) is 9.59 Å². The lowest BCUT2D eigenvalue weighted by molar-refractivity contribution is -0.151. The molecule has 2 rings (SSSR count). The van der Waals surface area contributed by atoms with Crippen LogP contribution in [0.5, 0.6) is 11.5 Å². The smallest absolute Gasteiger partial charge is 0.321 e. The van der Waals surface area contributed by atoms with Crippen molar-refractivity contribution in [2.45, 2.75) is 0 Å². The van der Waals surface area contributed by atoms with Gasteiger partial charge in [-0.1, -0.05) is 36.4 Å². The van der Waals surface area contributed by atoms with Gasteiger partial charge in [-0.05, 0) is 6.07 Å². The maximum Gasteiger partial charge on any atom is 0.321 e. The van der Waals surface area contributed by atoms with Crippen LogP contribution in [0.25, 0.3) is 16.8 Å². The first-order valence-corrected chi connectivity index (χ1v) is 5.99. The first-order valence-electron chi connectivity index (χ1n) is 5.99. The van der Waals surface area contributed by atoms with E-state index in [9.17, 15) is 19.8 Å². The number of phenols is 2. The monoisotopic (exact) mass is 288 g/mol. The molecule has 6 heteroatoms. The molecule has 0 amide bonds. The molecule has 0 spiro atoms. The van der Waals surface area contributed by atoms with E-state index >= 15 is 0 Å². The standard InChI is InChI=1S/C15H12O6/c16-12-7-8(5-6-11(14(18)19)15(20)21)13(17)10-4-2-1-3-9(10)12/h1-7,11,16-17H,(H,18,19)(H,20,21)/b6-5+. The van der Waals surface area contributed by atoms with Gasteiger partial charge in [0.2, 0.25) is 0 Å². The van der Waals surface area contributed by atoms with Crippen molar-refractivity contribution >= 4 is 28.8 Å². The highest BCUT2D eigenvalue weighted by molar-refractivity contribution is 5.98. The molecule has 0 aliphatic rings. The second-order valence-electron chi connectivity index (χ2n) is 4.39. The third kappa shape index (κ3) is 2.79. The van der Waals surface area contributed by atoms with Crippen LogP contribution in [-0.2, 0) is 9.59 Å². The van der Waals surface area contributed by atoms with Crippen LogP contribution in [-0.4, -0.2) is 32.4 Å². The molecule has 6 nitrogen and oxygen atoms in total. The van der Waals surface area contributed by atoms with Crippen LogP contribution < -0.4 is 0 Å². The average Bonchev–Trinajstić information content (AvgIpc) is 2.43. The van der Waals surface area contributed by atoms with E-state index < -0.39 is 17.9 Å². The third-order valence-corrected chi connectivity index (χ3v) is 3.02. The SMILES string of the molecule is O=C(O)C(/C=C/c1cc(O)c2ccccc2c1O)C(=O)O. The number of aromatic hydroxyl groups is 2. The molecule has 0 bridgehead atoms. The third-order valence-electron chi connectivity index (χ3n) is 3.02. The Kier molecular flexibility index (Phi) is 3.80. The highest BCUT2D eigenvalue weighted by Gasteiger charge is 2.22. The number of fused-ring (bicyclic) bond motifs is 1. The number of carboxylic acids is 2. The van der Waals surface area contributed by atoms with Crippen LogP contribution >= 0.6 is 0 Å². The molecule has 0 heterocycles. The summed E-state index contributed by atoms with van der Waals surface area (Å²) in [7, 11) is 0. The lowest BCUT2D eigenvalue weighted by Gasteiger charge is -2.07. The Balaban J connectivity index is 2.50. The first kappa shape index (κ1) is 14.4. The number of aliphatic carboxylic acids is 2. The van der Waals surface area contributed by atoms with Gasteiger partial charge in [-0.2, -0.15) is 0 Å². The Bertz CT molecular complexity index is 733. The average molecular weight is 288 g/mol. The number of hydrogen-bond donors (Lipinski definition) is 4. The molecular weight excluding hydrogens is 276 g/mol. The van der Waals surface area contributed by atoms with Crippen molar-refractivity contribution in [1.82, 2.24) is 0 Å². The molecular formula is C15H12O6. The predicted molar refractivity (Wildman–Crippen MR) is 75.1 cm³/mol. The van der Waals surface area contributed by atoms with Gasteiger partial charge in [0, 0.05) is 16.3 Å². The van der Waals surface area contributed by atoms with Crippen LogP contribution in [0.15, 0.2) is 36.4 Å². The van der Waals surface area contributed by atoms with E-state index in [0.29, 0.717) is 10.8 Å². The maximum absolute atomic E-state index is 10.8. The summed E-state index contributed by atoms with van der Waals surface area (Å²) in [5, 5.41) is 38.4. The molecule has 0 unspecified atom stereocenters. The van der Waals surface area contributed by atoms with Crippen LogP contribution in [0.2, 0.25) is 0 Å². The van der Waals surface area contributed by atoms with E-state index in [4.69, 9.17) is 10.2 Å². The molecule has 0 saturated carbocycles. The second kappa shape index (κ2) is 5.54. The Morgan fingerprint density at radius 3 is 2.14 bits per heavy atom. The summed E-state index contributed by atoms with van der Waals surface area (Å²) in [6, 6.07) is 7.83. The fourth-order valence-corrected chi connectivity index (χ4v) is 1.96. The highest BCUT2D eigenvalue weighted by Crippen LogP contribution is 2.35. The summed E-state index contributed by atoms with van der Waals surface area (Å²) in [4.78, 5) is 21.6. The Morgan fingerprint density at radius 1 is 1.00 bits per heavy atom. The number of phenolic OH excluding ortho intramolecular Hbond substituents is 2. The molecule has 0 atom stereocenters. The fraction of sp³-hybridized carbons (Fsp3) is 0.0667. The van der Waals surface area contributed by atoms with Gasteiger partial charge in [0.1, 0.15) is 11.5 Å². The molecule has 21 heavy (non-hydrogen) atoms. The summed E-state index contributed by atoms with van der Waals surface area (Å²) in [5.41, 5.74) is 0.138. The van der Waals surface area contributed by atoms with E-state index in [-0.39, 0.29) is 17.1 Å². The lowest BCUT2D eigenvalue weighted by Crippen LogP contribution is -2.20. The zero-order valence-corrected chi connectivity index (χ0v) is 10.7. The zero-order valence-electron chi connectivity index (χ0n) is 10.7. The van der Waals surface area contributed by atoms with Crippen LogP contribution in [0.3, 0.4) is 0 Å². The summed E-state index contributed by atoms with van der Waals surface area (Å²) in [6.45, 7) is 0. The Labute approximate surface area is 119 Å². The van der Waals surface area contributed by atoms with Crippen molar-refractivity contribution in [2.24, 2.45) is 5.92 Å². The number of rotatable bonds is 4. The van der Waals surface area contributed by atoms with Crippen molar-refractivity contribution in [1.29, 1.82) is 0 Å². The molecule has 108 valence electrons. The van der Waals surface area contributed by atoms with Gasteiger partial charge in [0.15, 0.2) is 5.92 Å². The molecule has 2 aromatic rings. The van der Waals surface area contributed by atoms with E-state index in [0.717, 1.165) is 12.2 Å². The zero-order chi connectivity index (χ0) is 15.6.